The first-order valence-corrected chi connectivity index (χ1v) is 4.80. The minimum atomic E-state index is -0.255. The molecule has 0 saturated heterocycles. The number of nitrogens with zero attached hydrogens (tertiary/aromatic N) is 3. The van der Waals surface area contributed by atoms with Gasteiger partial charge in [0.15, 0.2) is 0 Å². The highest BCUT2D eigenvalue weighted by atomic mass is 16.5. The van der Waals surface area contributed by atoms with E-state index in [4.69, 9.17) is 9.84 Å². The first-order chi connectivity index (χ1) is 7.67. The van der Waals surface area contributed by atoms with Gasteiger partial charge in [0, 0.05) is 18.6 Å². The molecule has 7 nitrogen and oxygen atoms in total. The molecule has 0 spiro atoms. The van der Waals surface area contributed by atoms with Crippen molar-refractivity contribution in [3.8, 4) is 6.01 Å². The number of fused-ring (bicyclic) bond motifs is 1. The summed E-state index contributed by atoms with van der Waals surface area (Å²) in [5, 5.41) is 12.9. The average Bonchev–Trinajstić information content (AvgIpc) is 2.67. The Bertz CT molecular complexity index is 572. The molecule has 2 aromatic rings. The molecule has 0 aliphatic rings. The topological polar surface area (TPSA) is 92.5 Å². The molecule has 0 fully saturated rings. The molecule has 86 valence electrons. The predicted octanol–water partition coefficient (Wildman–Crippen LogP) is -0.731. The van der Waals surface area contributed by atoms with Crippen molar-refractivity contribution < 1.29 is 9.84 Å². The SMILES string of the molecule is COc1nc2[nH]c(=O)c(CCO)c(C)n2n1. The standard InChI is InChI=1S/C9H12N4O3/c1-5-6(3-4-14)7(15)10-8-11-9(16-2)12-13(5)8/h14H,3-4H2,1-2H3,(H,10,11,12,15). The van der Waals surface area contributed by atoms with E-state index >= 15 is 0 Å². The molecular weight excluding hydrogens is 212 g/mol. The van der Waals surface area contributed by atoms with Gasteiger partial charge in [-0.1, -0.05) is 0 Å². The van der Waals surface area contributed by atoms with E-state index < -0.39 is 0 Å². The van der Waals surface area contributed by atoms with Gasteiger partial charge < -0.3 is 9.84 Å². The summed E-state index contributed by atoms with van der Waals surface area (Å²) in [6.45, 7) is 1.67. The molecule has 2 rings (SSSR count). The lowest BCUT2D eigenvalue weighted by atomic mass is 10.2. The minimum absolute atomic E-state index is 0.0821. The lowest BCUT2D eigenvalue weighted by molar-refractivity contribution is 0.298. The van der Waals surface area contributed by atoms with Gasteiger partial charge in [-0.2, -0.15) is 9.50 Å². The summed E-state index contributed by atoms with van der Waals surface area (Å²) < 4.78 is 6.37. The molecule has 2 heterocycles. The smallest absolute Gasteiger partial charge is 0.337 e. The van der Waals surface area contributed by atoms with Gasteiger partial charge in [0.05, 0.1) is 12.8 Å². The normalized spacial score (nSPS) is 10.9. The van der Waals surface area contributed by atoms with Crippen LogP contribution in [0.15, 0.2) is 4.79 Å². The zero-order valence-electron chi connectivity index (χ0n) is 9.02. The third kappa shape index (κ3) is 1.54. The second kappa shape index (κ2) is 3.93. The first kappa shape index (κ1) is 10.6. The number of hydrogen-bond donors (Lipinski definition) is 2. The fraction of sp³-hybridized carbons (Fsp3) is 0.444. The number of aromatic amines is 1. The number of H-pyrrole nitrogens is 1. The third-order valence-corrected chi connectivity index (χ3v) is 2.39. The molecule has 0 aromatic carbocycles. The number of methoxy groups -OCH3 is 1. The molecule has 2 N–H and O–H groups in total. The number of aliphatic hydroxyl groups is 1. The fourth-order valence-electron chi connectivity index (χ4n) is 1.57. The molecule has 0 unspecified atom stereocenters. The van der Waals surface area contributed by atoms with Gasteiger partial charge in [0.25, 0.3) is 5.56 Å². The second-order valence-electron chi connectivity index (χ2n) is 3.33. The number of aromatic nitrogens is 4. The van der Waals surface area contributed by atoms with Crippen LogP contribution in [0.25, 0.3) is 5.78 Å². The maximum atomic E-state index is 11.7. The molecular formula is C9H12N4O3. The molecule has 0 radical (unpaired) electrons. The first-order valence-electron chi connectivity index (χ1n) is 4.80. The quantitative estimate of drug-likeness (QED) is 0.717. The maximum Gasteiger partial charge on any atom is 0.337 e. The Morgan fingerprint density at radius 2 is 2.31 bits per heavy atom. The zero-order valence-corrected chi connectivity index (χ0v) is 9.02. The van der Waals surface area contributed by atoms with Crippen molar-refractivity contribution in [1.82, 2.24) is 19.6 Å². The summed E-state index contributed by atoms with van der Waals surface area (Å²) in [5.74, 6) is 0.334. The largest absolute Gasteiger partial charge is 0.466 e. The third-order valence-electron chi connectivity index (χ3n) is 2.39. The Kier molecular flexibility index (Phi) is 2.61. The molecule has 0 atom stereocenters. The second-order valence-corrected chi connectivity index (χ2v) is 3.33. The molecule has 0 amide bonds. The lowest BCUT2D eigenvalue weighted by Gasteiger charge is -2.03. The van der Waals surface area contributed by atoms with Crippen LogP contribution < -0.4 is 10.3 Å². The minimum Gasteiger partial charge on any atom is -0.466 e. The number of ether oxygens (including phenoxy) is 1. The Morgan fingerprint density at radius 3 is 2.94 bits per heavy atom. The van der Waals surface area contributed by atoms with Crippen LogP contribution in [0.3, 0.4) is 0 Å². The monoisotopic (exact) mass is 224 g/mol. The van der Waals surface area contributed by atoms with E-state index in [1.54, 1.807) is 6.92 Å². The maximum absolute atomic E-state index is 11.7. The Balaban J connectivity index is 2.71. The Labute approximate surface area is 90.7 Å². The summed E-state index contributed by atoms with van der Waals surface area (Å²) in [4.78, 5) is 18.2. The number of rotatable bonds is 3. The molecule has 0 bridgehead atoms. The van der Waals surface area contributed by atoms with Crippen LogP contribution in [0.5, 0.6) is 6.01 Å². The van der Waals surface area contributed by atoms with E-state index in [0.717, 1.165) is 0 Å². The van der Waals surface area contributed by atoms with E-state index in [1.807, 2.05) is 0 Å². The van der Waals surface area contributed by atoms with Gasteiger partial charge in [0.2, 0.25) is 5.78 Å². The van der Waals surface area contributed by atoms with Crippen LogP contribution in [0.4, 0.5) is 0 Å². The number of aliphatic hydroxyl groups excluding tert-OH is 1. The summed E-state index contributed by atoms with van der Waals surface area (Å²) in [5.41, 5.74) is 0.903. The van der Waals surface area contributed by atoms with Gasteiger partial charge in [0.1, 0.15) is 0 Å². The van der Waals surface area contributed by atoms with E-state index in [0.29, 0.717) is 23.5 Å². The van der Waals surface area contributed by atoms with Crippen molar-refractivity contribution in [2.45, 2.75) is 13.3 Å². The molecule has 16 heavy (non-hydrogen) atoms. The lowest BCUT2D eigenvalue weighted by Crippen LogP contribution is -2.19. The van der Waals surface area contributed by atoms with Gasteiger partial charge in [-0.3, -0.25) is 9.78 Å². The van der Waals surface area contributed by atoms with E-state index in [9.17, 15) is 4.79 Å². The number of aryl methyl sites for hydroxylation is 1. The summed E-state index contributed by atoms with van der Waals surface area (Å²) in [7, 11) is 1.46. The van der Waals surface area contributed by atoms with Crippen molar-refractivity contribution >= 4 is 5.78 Å². The van der Waals surface area contributed by atoms with Crippen molar-refractivity contribution in [1.29, 1.82) is 0 Å². The van der Waals surface area contributed by atoms with Crippen LogP contribution in [0, 0.1) is 6.92 Å². The fourth-order valence-corrected chi connectivity index (χ4v) is 1.57. The molecule has 0 saturated carbocycles. The highest BCUT2D eigenvalue weighted by Gasteiger charge is 2.12. The van der Waals surface area contributed by atoms with Crippen LogP contribution in [-0.2, 0) is 6.42 Å². The zero-order chi connectivity index (χ0) is 11.7. The summed E-state index contributed by atoms with van der Waals surface area (Å²) in [6.07, 6.45) is 0.291. The van der Waals surface area contributed by atoms with Crippen molar-refractivity contribution in [2.75, 3.05) is 13.7 Å². The van der Waals surface area contributed by atoms with Crippen molar-refractivity contribution in [3.63, 3.8) is 0 Å². The van der Waals surface area contributed by atoms with Crippen LogP contribution in [0.1, 0.15) is 11.3 Å². The Morgan fingerprint density at radius 1 is 1.56 bits per heavy atom. The van der Waals surface area contributed by atoms with Crippen molar-refractivity contribution in [2.24, 2.45) is 0 Å². The van der Waals surface area contributed by atoms with Crippen molar-refractivity contribution in [3.05, 3.63) is 21.6 Å². The van der Waals surface area contributed by atoms with Crippen LogP contribution >= 0.6 is 0 Å². The highest BCUT2D eigenvalue weighted by molar-refractivity contribution is 5.33. The molecule has 7 heteroatoms. The highest BCUT2D eigenvalue weighted by Crippen LogP contribution is 2.08. The number of nitrogens with one attached hydrogen (secondary N) is 1. The Hall–Kier alpha value is -1.89. The molecule has 0 aliphatic carbocycles. The summed E-state index contributed by atoms with van der Waals surface area (Å²) in [6, 6.07) is 0.194. The number of hydrogen-bond acceptors (Lipinski definition) is 5. The van der Waals surface area contributed by atoms with E-state index in [2.05, 4.69) is 15.1 Å². The van der Waals surface area contributed by atoms with Gasteiger partial charge in [-0.15, -0.1) is 5.10 Å². The average molecular weight is 224 g/mol. The predicted molar refractivity (Wildman–Crippen MR) is 55.7 cm³/mol. The van der Waals surface area contributed by atoms with E-state index in [1.165, 1.54) is 11.6 Å². The molecule has 0 aliphatic heterocycles. The van der Waals surface area contributed by atoms with Gasteiger partial charge in [-0.05, 0) is 6.92 Å². The van der Waals surface area contributed by atoms with Crippen LogP contribution in [0.2, 0.25) is 0 Å². The van der Waals surface area contributed by atoms with E-state index in [-0.39, 0.29) is 18.2 Å². The molecule has 2 aromatic heterocycles. The van der Waals surface area contributed by atoms with Gasteiger partial charge >= 0.3 is 6.01 Å². The summed E-state index contributed by atoms with van der Waals surface area (Å²) >= 11 is 0. The van der Waals surface area contributed by atoms with Crippen LogP contribution in [-0.4, -0.2) is 38.4 Å². The van der Waals surface area contributed by atoms with Gasteiger partial charge in [-0.25, -0.2) is 0 Å².